The summed E-state index contributed by atoms with van der Waals surface area (Å²) in [6.07, 6.45) is 1.65. The van der Waals surface area contributed by atoms with Crippen molar-refractivity contribution in [1.29, 1.82) is 0 Å². The molecule has 0 aliphatic carbocycles. The number of H-pyrrole nitrogens is 1. The molecule has 1 aliphatic rings. The molecule has 1 aliphatic heterocycles. The van der Waals surface area contributed by atoms with E-state index in [9.17, 15) is 18.0 Å². The molecule has 30 heavy (non-hydrogen) atoms. The summed E-state index contributed by atoms with van der Waals surface area (Å²) in [5, 5.41) is 0.800. The van der Waals surface area contributed by atoms with Crippen LogP contribution in [-0.2, 0) is 21.4 Å². The lowest BCUT2D eigenvalue weighted by Crippen LogP contribution is -2.28. The summed E-state index contributed by atoms with van der Waals surface area (Å²) in [5.74, 6) is -0.564. The van der Waals surface area contributed by atoms with Gasteiger partial charge in [0.05, 0.1) is 21.4 Å². The van der Waals surface area contributed by atoms with E-state index in [1.165, 1.54) is 28.6 Å². The van der Waals surface area contributed by atoms with Gasteiger partial charge in [0.2, 0.25) is 10.0 Å². The van der Waals surface area contributed by atoms with Gasteiger partial charge in [-0.25, -0.2) is 18.2 Å². The zero-order valence-electron chi connectivity index (χ0n) is 15.8. The normalized spacial score (nSPS) is 14.8. The number of nitrogens with zero attached hydrogens (tertiary/aromatic N) is 2. The molecule has 0 amide bonds. The lowest BCUT2D eigenvalue weighted by atomic mass is 10.2. The third kappa shape index (κ3) is 4.09. The first kappa shape index (κ1) is 20.5. The molecule has 156 valence electrons. The van der Waals surface area contributed by atoms with Crippen LogP contribution in [0.1, 0.15) is 29.0 Å². The van der Waals surface area contributed by atoms with Crippen molar-refractivity contribution in [2.45, 2.75) is 24.3 Å². The summed E-state index contributed by atoms with van der Waals surface area (Å²) in [6, 6.07) is 10.4. The number of rotatable bonds is 5. The van der Waals surface area contributed by atoms with Crippen LogP contribution < -0.4 is 5.56 Å². The minimum atomic E-state index is -3.64. The number of hydrogen-bond donors (Lipinski definition) is 1. The van der Waals surface area contributed by atoms with Crippen molar-refractivity contribution in [2.24, 2.45) is 0 Å². The third-order valence-electron chi connectivity index (χ3n) is 4.83. The summed E-state index contributed by atoms with van der Waals surface area (Å²) in [5.41, 5.74) is 0.110. The number of sulfonamides is 1. The molecule has 0 saturated carbocycles. The van der Waals surface area contributed by atoms with Gasteiger partial charge in [-0.1, -0.05) is 17.7 Å². The van der Waals surface area contributed by atoms with Crippen molar-refractivity contribution in [3.8, 4) is 0 Å². The van der Waals surface area contributed by atoms with Gasteiger partial charge in [-0.2, -0.15) is 4.31 Å². The summed E-state index contributed by atoms with van der Waals surface area (Å²) >= 11 is 5.94. The predicted molar refractivity (Wildman–Crippen MR) is 111 cm³/mol. The maximum Gasteiger partial charge on any atom is 0.338 e. The van der Waals surface area contributed by atoms with E-state index in [1.54, 1.807) is 18.2 Å². The van der Waals surface area contributed by atoms with Gasteiger partial charge >= 0.3 is 5.97 Å². The predicted octanol–water partition coefficient (Wildman–Crippen LogP) is 2.72. The second kappa shape index (κ2) is 8.17. The number of benzene rings is 2. The number of aromatic amines is 1. The zero-order chi connectivity index (χ0) is 21.3. The van der Waals surface area contributed by atoms with E-state index in [2.05, 4.69) is 9.97 Å². The molecule has 1 aromatic heterocycles. The van der Waals surface area contributed by atoms with Crippen LogP contribution in [0.2, 0.25) is 5.02 Å². The first-order valence-corrected chi connectivity index (χ1v) is 11.1. The molecular weight excluding hydrogens is 430 g/mol. The maximum atomic E-state index is 12.7. The highest BCUT2D eigenvalue weighted by Crippen LogP contribution is 2.22. The van der Waals surface area contributed by atoms with Gasteiger partial charge in [0.25, 0.3) is 5.56 Å². The molecule has 3 aromatic rings. The fraction of sp³-hybridized carbons (Fsp3) is 0.250. The highest BCUT2D eigenvalue weighted by atomic mass is 35.5. The number of hydrogen-bond acceptors (Lipinski definition) is 6. The van der Waals surface area contributed by atoms with Gasteiger partial charge in [0.15, 0.2) is 0 Å². The third-order valence-corrected chi connectivity index (χ3v) is 6.96. The molecule has 0 unspecified atom stereocenters. The largest absolute Gasteiger partial charge is 0.454 e. The number of carbonyl (C=O) groups is 1. The Morgan fingerprint density at radius 3 is 2.70 bits per heavy atom. The van der Waals surface area contributed by atoms with Crippen LogP contribution in [-0.4, -0.2) is 41.7 Å². The second-order valence-electron chi connectivity index (χ2n) is 6.89. The second-order valence-corrected chi connectivity index (χ2v) is 9.26. The highest BCUT2D eigenvalue weighted by Gasteiger charge is 2.27. The van der Waals surface area contributed by atoms with Crippen molar-refractivity contribution < 1.29 is 17.9 Å². The monoisotopic (exact) mass is 447 g/mol. The number of fused-ring (bicyclic) bond motifs is 1. The van der Waals surface area contributed by atoms with Crippen molar-refractivity contribution in [3.05, 3.63) is 69.2 Å². The van der Waals surface area contributed by atoms with Crippen LogP contribution >= 0.6 is 11.6 Å². The van der Waals surface area contributed by atoms with E-state index >= 15 is 0 Å². The van der Waals surface area contributed by atoms with Crippen LogP contribution in [0.5, 0.6) is 0 Å². The molecule has 2 aromatic carbocycles. The van der Waals surface area contributed by atoms with Crippen LogP contribution in [0.15, 0.2) is 52.2 Å². The van der Waals surface area contributed by atoms with E-state index in [0.717, 1.165) is 12.8 Å². The summed E-state index contributed by atoms with van der Waals surface area (Å²) < 4.78 is 32.0. The maximum absolute atomic E-state index is 12.7. The summed E-state index contributed by atoms with van der Waals surface area (Å²) in [7, 11) is -3.64. The Bertz CT molecular complexity index is 1280. The fourth-order valence-electron chi connectivity index (χ4n) is 3.31. The zero-order valence-corrected chi connectivity index (χ0v) is 17.4. The average Bonchev–Trinajstić information content (AvgIpc) is 3.27. The van der Waals surface area contributed by atoms with Crippen LogP contribution in [0.25, 0.3) is 10.9 Å². The molecule has 2 heterocycles. The minimum Gasteiger partial charge on any atom is -0.454 e. The Balaban J connectivity index is 1.52. The minimum absolute atomic E-state index is 0.0470. The number of halogens is 1. The Morgan fingerprint density at radius 1 is 1.17 bits per heavy atom. The standard InChI is InChI=1S/C20H18ClN3O5S/c21-14-6-7-16-17(11-14)22-18(23-19(16)25)12-29-20(26)13-4-3-5-15(10-13)30(27,28)24-8-1-2-9-24/h3-7,10-11H,1-2,8-9,12H2,(H,22,23,25). The first-order valence-electron chi connectivity index (χ1n) is 9.30. The topological polar surface area (TPSA) is 109 Å². The van der Waals surface area contributed by atoms with E-state index in [4.69, 9.17) is 16.3 Å². The smallest absolute Gasteiger partial charge is 0.338 e. The highest BCUT2D eigenvalue weighted by molar-refractivity contribution is 7.89. The van der Waals surface area contributed by atoms with Gasteiger partial charge < -0.3 is 9.72 Å². The van der Waals surface area contributed by atoms with Gasteiger partial charge in [-0.05, 0) is 49.2 Å². The first-order chi connectivity index (χ1) is 14.3. The summed E-state index contributed by atoms with van der Waals surface area (Å²) in [4.78, 5) is 31.5. The molecule has 0 radical (unpaired) electrons. The molecule has 0 bridgehead atoms. The number of ether oxygens (including phenoxy) is 1. The van der Waals surface area contributed by atoms with Gasteiger partial charge in [0.1, 0.15) is 12.4 Å². The Morgan fingerprint density at radius 2 is 1.93 bits per heavy atom. The van der Waals surface area contributed by atoms with E-state index in [1.807, 2.05) is 0 Å². The summed E-state index contributed by atoms with van der Waals surface area (Å²) in [6.45, 7) is 0.670. The molecule has 10 heteroatoms. The molecule has 8 nitrogen and oxygen atoms in total. The van der Waals surface area contributed by atoms with E-state index < -0.39 is 16.0 Å². The fourth-order valence-corrected chi connectivity index (χ4v) is 5.04. The van der Waals surface area contributed by atoms with Crippen molar-refractivity contribution in [2.75, 3.05) is 13.1 Å². The SMILES string of the molecule is O=C(OCc1nc2cc(Cl)ccc2c(=O)[nH]1)c1cccc(S(=O)(=O)N2CCCC2)c1. The molecule has 0 atom stereocenters. The van der Waals surface area contributed by atoms with Crippen molar-refractivity contribution in [3.63, 3.8) is 0 Å². The number of carbonyl (C=O) groups excluding carboxylic acids is 1. The Kier molecular flexibility index (Phi) is 5.59. The number of aromatic nitrogens is 2. The lowest BCUT2D eigenvalue weighted by Gasteiger charge is -2.15. The van der Waals surface area contributed by atoms with Crippen LogP contribution in [0.4, 0.5) is 0 Å². The quantitative estimate of drug-likeness (QED) is 0.602. The van der Waals surface area contributed by atoms with Crippen molar-refractivity contribution >= 4 is 38.5 Å². The average molecular weight is 448 g/mol. The molecular formula is C20H18ClN3O5S. The molecule has 1 N–H and O–H groups in total. The molecule has 1 saturated heterocycles. The molecule has 0 spiro atoms. The van der Waals surface area contributed by atoms with E-state index in [0.29, 0.717) is 29.0 Å². The molecule has 1 fully saturated rings. The van der Waals surface area contributed by atoms with Gasteiger partial charge in [-0.3, -0.25) is 4.79 Å². The number of nitrogens with one attached hydrogen (secondary N) is 1. The van der Waals surface area contributed by atoms with E-state index in [-0.39, 0.29) is 28.4 Å². The van der Waals surface area contributed by atoms with Crippen molar-refractivity contribution in [1.82, 2.24) is 14.3 Å². The van der Waals surface area contributed by atoms with Gasteiger partial charge in [0, 0.05) is 18.1 Å². The molecule has 4 rings (SSSR count). The van der Waals surface area contributed by atoms with Gasteiger partial charge in [-0.15, -0.1) is 0 Å². The lowest BCUT2D eigenvalue weighted by molar-refractivity contribution is 0.0462. The van der Waals surface area contributed by atoms with Crippen LogP contribution in [0.3, 0.4) is 0 Å². The Hall–Kier alpha value is -2.75. The van der Waals surface area contributed by atoms with Crippen LogP contribution in [0, 0.1) is 0 Å². The Labute approximate surface area is 177 Å². The number of esters is 1.